The van der Waals surface area contributed by atoms with E-state index in [-0.39, 0.29) is 67.8 Å². The molecule has 1 aliphatic rings. The maximum absolute atomic E-state index is 12.6. The minimum Gasteiger partial charge on any atom is -0.507 e. The number of rotatable bonds is 2. The van der Waals surface area contributed by atoms with Crippen molar-refractivity contribution in [3.05, 3.63) is 62.6 Å². The van der Waals surface area contributed by atoms with Crippen molar-refractivity contribution in [2.45, 2.75) is 11.3 Å². The molecule has 0 atom stereocenters. The number of aliphatic hydroxyl groups excluding tert-OH is 1. The number of carbonyl (C=O) groups excluding carboxylic acids is 1. The van der Waals surface area contributed by atoms with Crippen LogP contribution >= 0.6 is 34.8 Å². The van der Waals surface area contributed by atoms with Crippen molar-refractivity contribution in [1.82, 2.24) is 0 Å². The minimum absolute atomic E-state index is 0. The summed E-state index contributed by atoms with van der Waals surface area (Å²) in [4.78, 5) is 12.5. The number of benzene rings is 2. The quantitative estimate of drug-likeness (QED) is 0.660. The third kappa shape index (κ3) is 4.82. The number of nitrogens with one attached hydrogen (secondary N) is 1. The largest absolute Gasteiger partial charge is 0.507 e. The third-order valence-corrected chi connectivity index (χ3v) is 6.63. The molecule has 137 valence electrons. The Labute approximate surface area is 193 Å². The van der Waals surface area contributed by atoms with Gasteiger partial charge in [-0.3, -0.25) is 4.79 Å². The van der Waals surface area contributed by atoms with E-state index in [0.717, 1.165) is 0 Å². The second-order valence-electron chi connectivity index (χ2n) is 5.62. The standard InChI is InChI=1S/C17H12Cl3NO4S.Na/c18-9-1-4-15-12(7-9)16(22)11(5-6-26(15,24)25)17(23)21-10-2-3-13(19)14(20)8-10;/h1-4,7-8,22H,5-6H2,(H,21,23);. The Hall–Kier alpha value is -0.730. The molecular weight excluding hydrogens is 444 g/mol. The van der Waals surface area contributed by atoms with Gasteiger partial charge in [0, 0.05) is 45.8 Å². The third-order valence-electron chi connectivity index (χ3n) is 3.89. The fraction of sp³-hybridized carbons (Fsp3) is 0.118. The number of hydrogen-bond acceptors (Lipinski definition) is 4. The molecule has 0 unspecified atom stereocenters. The molecule has 0 bridgehead atoms. The molecule has 1 radical (unpaired) electrons. The summed E-state index contributed by atoms with van der Waals surface area (Å²) in [6.45, 7) is 0. The van der Waals surface area contributed by atoms with Crippen molar-refractivity contribution >= 4 is 91.6 Å². The van der Waals surface area contributed by atoms with Gasteiger partial charge < -0.3 is 10.4 Å². The summed E-state index contributed by atoms with van der Waals surface area (Å²) in [5, 5.41) is 14.0. The van der Waals surface area contributed by atoms with Gasteiger partial charge in [0.25, 0.3) is 5.91 Å². The Morgan fingerprint density at radius 3 is 2.41 bits per heavy atom. The number of hydrogen-bond donors (Lipinski definition) is 2. The summed E-state index contributed by atoms with van der Waals surface area (Å²) >= 11 is 17.7. The molecule has 5 nitrogen and oxygen atoms in total. The Bertz CT molecular complexity index is 1050. The summed E-state index contributed by atoms with van der Waals surface area (Å²) in [6, 6.07) is 8.58. The molecule has 0 saturated carbocycles. The van der Waals surface area contributed by atoms with Crippen LogP contribution in [0.2, 0.25) is 15.1 Å². The minimum atomic E-state index is -3.66. The van der Waals surface area contributed by atoms with Crippen molar-refractivity contribution in [1.29, 1.82) is 0 Å². The predicted molar refractivity (Wildman–Crippen MR) is 109 cm³/mol. The first-order valence-electron chi connectivity index (χ1n) is 7.40. The van der Waals surface area contributed by atoms with Gasteiger partial charge in [-0.15, -0.1) is 0 Å². The van der Waals surface area contributed by atoms with Crippen LogP contribution in [0.4, 0.5) is 5.69 Å². The zero-order chi connectivity index (χ0) is 19.1. The SMILES string of the molecule is O=C(Nc1ccc(Cl)c(Cl)c1)C1=C(O)c2cc(Cl)ccc2S(=O)(=O)CC1.[Na]. The average Bonchev–Trinajstić information content (AvgIpc) is 2.66. The first-order chi connectivity index (χ1) is 12.2. The van der Waals surface area contributed by atoms with E-state index in [1.165, 1.54) is 30.3 Å². The zero-order valence-electron chi connectivity index (χ0n) is 14.1. The number of aliphatic hydroxyl groups is 1. The van der Waals surface area contributed by atoms with Gasteiger partial charge in [0.2, 0.25) is 0 Å². The van der Waals surface area contributed by atoms with E-state index < -0.39 is 21.5 Å². The van der Waals surface area contributed by atoms with Crippen LogP contribution < -0.4 is 5.32 Å². The van der Waals surface area contributed by atoms with Crippen LogP contribution in [0.1, 0.15) is 12.0 Å². The average molecular weight is 456 g/mol. The number of carbonyl (C=O) groups is 1. The Morgan fingerprint density at radius 2 is 1.74 bits per heavy atom. The molecule has 2 N–H and O–H groups in total. The molecule has 2 aromatic carbocycles. The van der Waals surface area contributed by atoms with Gasteiger partial charge in [0.1, 0.15) is 5.76 Å². The van der Waals surface area contributed by atoms with Gasteiger partial charge in [0.05, 0.1) is 26.3 Å². The van der Waals surface area contributed by atoms with Crippen LogP contribution in [0.25, 0.3) is 5.76 Å². The van der Waals surface area contributed by atoms with E-state index in [1.54, 1.807) is 6.07 Å². The molecule has 0 spiro atoms. The summed E-state index contributed by atoms with van der Waals surface area (Å²) in [5.74, 6) is -1.36. The maximum atomic E-state index is 12.6. The maximum Gasteiger partial charge on any atom is 0.255 e. The molecule has 0 fully saturated rings. The zero-order valence-corrected chi connectivity index (χ0v) is 19.2. The van der Waals surface area contributed by atoms with E-state index in [2.05, 4.69) is 5.32 Å². The van der Waals surface area contributed by atoms with Crippen molar-refractivity contribution in [2.24, 2.45) is 0 Å². The van der Waals surface area contributed by atoms with Crippen LogP contribution in [0.3, 0.4) is 0 Å². The molecule has 0 aliphatic carbocycles. The molecule has 10 heteroatoms. The van der Waals surface area contributed by atoms with Crippen LogP contribution in [0.5, 0.6) is 0 Å². The summed E-state index contributed by atoms with van der Waals surface area (Å²) < 4.78 is 24.8. The monoisotopic (exact) mass is 454 g/mol. The van der Waals surface area contributed by atoms with Gasteiger partial charge in [-0.1, -0.05) is 34.8 Å². The van der Waals surface area contributed by atoms with Crippen molar-refractivity contribution in [3.63, 3.8) is 0 Å². The summed E-state index contributed by atoms with van der Waals surface area (Å²) in [6.07, 6.45) is -0.145. The van der Waals surface area contributed by atoms with Crippen LogP contribution in [-0.4, -0.2) is 54.7 Å². The first-order valence-corrected chi connectivity index (χ1v) is 10.2. The molecule has 27 heavy (non-hydrogen) atoms. The second kappa shape index (κ2) is 8.74. The van der Waals surface area contributed by atoms with Crippen LogP contribution in [0.15, 0.2) is 46.9 Å². The molecule has 1 aliphatic heterocycles. The smallest absolute Gasteiger partial charge is 0.255 e. The van der Waals surface area contributed by atoms with Crippen LogP contribution in [-0.2, 0) is 14.6 Å². The van der Waals surface area contributed by atoms with E-state index in [4.69, 9.17) is 34.8 Å². The van der Waals surface area contributed by atoms with Crippen molar-refractivity contribution < 1.29 is 18.3 Å². The molecular formula is C17H12Cl3NNaO4S. The number of sulfone groups is 1. The summed E-state index contributed by atoms with van der Waals surface area (Å²) in [7, 11) is -3.66. The Kier molecular flexibility index (Phi) is 7.30. The fourth-order valence-electron chi connectivity index (χ4n) is 2.59. The van der Waals surface area contributed by atoms with E-state index in [9.17, 15) is 18.3 Å². The predicted octanol–water partition coefficient (Wildman–Crippen LogP) is 4.35. The van der Waals surface area contributed by atoms with Gasteiger partial charge >= 0.3 is 0 Å². The van der Waals surface area contributed by atoms with Gasteiger partial charge in [-0.05, 0) is 42.8 Å². The Morgan fingerprint density at radius 1 is 1.04 bits per heavy atom. The number of anilines is 1. The molecule has 3 rings (SSSR count). The summed E-state index contributed by atoms with van der Waals surface area (Å²) in [5.41, 5.74) is 0.318. The normalized spacial score (nSPS) is 15.4. The molecule has 2 aromatic rings. The van der Waals surface area contributed by atoms with Gasteiger partial charge in [0.15, 0.2) is 9.84 Å². The van der Waals surface area contributed by atoms with Gasteiger partial charge in [-0.25, -0.2) is 8.42 Å². The van der Waals surface area contributed by atoms with Gasteiger partial charge in [-0.2, -0.15) is 0 Å². The topological polar surface area (TPSA) is 83.5 Å². The number of halogens is 3. The molecule has 1 heterocycles. The number of amides is 1. The van der Waals surface area contributed by atoms with E-state index >= 15 is 0 Å². The van der Waals surface area contributed by atoms with Crippen molar-refractivity contribution in [3.8, 4) is 0 Å². The van der Waals surface area contributed by atoms with Crippen molar-refractivity contribution in [2.75, 3.05) is 11.1 Å². The first kappa shape index (κ1) is 22.6. The van der Waals surface area contributed by atoms with E-state index in [1.807, 2.05) is 0 Å². The number of fused-ring (bicyclic) bond motifs is 1. The fourth-order valence-corrected chi connectivity index (χ4v) is 4.52. The molecule has 0 aromatic heterocycles. The molecule has 1 amide bonds. The Balaban J connectivity index is 0.00000261. The van der Waals surface area contributed by atoms with Crippen LogP contribution in [0, 0.1) is 0 Å². The van der Waals surface area contributed by atoms with E-state index in [0.29, 0.717) is 10.7 Å². The second-order valence-corrected chi connectivity index (χ2v) is 8.95. The molecule has 0 saturated heterocycles.